The third kappa shape index (κ3) is 4.03. The van der Waals surface area contributed by atoms with Crippen LogP contribution >= 0.6 is 0 Å². The Balaban J connectivity index is 1.85. The Bertz CT molecular complexity index is 668. The molecule has 1 saturated carbocycles. The summed E-state index contributed by atoms with van der Waals surface area (Å²) in [6.07, 6.45) is 3.26. The molecule has 3 nitrogen and oxygen atoms in total. The molecule has 0 unspecified atom stereocenters. The summed E-state index contributed by atoms with van der Waals surface area (Å²) in [5, 5.41) is 0. The van der Waals surface area contributed by atoms with E-state index < -0.39 is 30.7 Å². The van der Waals surface area contributed by atoms with E-state index in [2.05, 4.69) is 4.74 Å². The summed E-state index contributed by atoms with van der Waals surface area (Å²) < 4.78 is 55.5. The zero-order valence-electron chi connectivity index (χ0n) is 14.8. The lowest BCUT2D eigenvalue weighted by atomic mass is 9.86. The lowest BCUT2D eigenvalue weighted by Gasteiger charge is -2.32. The van der Waals surface area contributed by atoms with Gasteiger partial charge >= 0.3 is 13.7 Å². The number of alkyl halides is 2. The van der Waals surface area contributed by atoms with Crippen molar-refractivity contribution < 1.29 is 27.2 Å². The van der Waals surface area contributed by atoms with Crippen LogP contribution in [0.4, 0.5) is 13.2 Å². The summed E-state index contributed by atoms with van der Waals surface area (Å²) in [5.74, 6) is 0.362. The summed E-state index contributed by atoms with van der Waals surface area (Å²) in [6, 6.07) is 4.78. The van der Waals surface area contributed by atoms with Gasteiger partial charge in [0.15, 0.2) is 0 Å². The molecular formula is C18H22BF3O3. The zero-order valence-corrected chi connectivity index (χ0v) is 14.8. The molecule has 0 spiro atoms. The summed E-state index contributed by atoms with van der Waals surface area (Å²) in [7, 11) is -1.12. The summed E-state index contributed by atoms with van der Waals surface area (Å²) >= 11 is 0. The molecule has 1 aliphatic carbocycles. The highest BCUT2D eigenvalue weighted by atomic mass is 19.3. The quantitative estimate of drug-likeness (QED) is 0.688. The van der Waals surface area contributed by atoms with Gasteiger partial charge < -0.3 is 14.0 Å². The van der Waals surface area contributed by atoms with E-state index in [1.54, 1.807) is 12.1 Å². The van der Waals surface area contributed by atoms with Crippen molar-refractivity contribution >= 4 is 13.2 Å². The van der Waals surface area contributed by atoms with Gasteiger partial charge in [-0.25, -0.2) is 4.39 Å². The van der Waals surface area contributed by atoms with Gasteiger partial charge in [-0.1, -0.05) is 6.07 Å². The SMILES string of the molecule is CC1(C)OB(C(F)=Cc2cc(OC(F)F)cc(C3CC3)c2)OC1(C)C. The van der Waals surface area contributed by atoms with Gasteiger partial charge in [-0.3, -0.25) is 0 Å². The number of hydrogen-bond donors (Lipinski definition) is 0. The number of ether oxygens (including phenoxy) is 1. The molecule has 0 bridgehead atoms. The standard InChI is InChI=1S/C18H22BF3O3/c1-17(2)18(3,4)25-19(24-17)15(20)9-11-7-13(12-5-6-12)10-14(8-11)23-16(21)22/h7-10,12,16H,5-6H2,1-4H3. The molecule has 0 N–H and O–H groups in total. The van der Waals surface area contributed by atoms with Crippen LogP contribution in [0, 0.1) is 0 Å². The molecule has 1 saturated heterocycles. The normalized spacial score (nSPS) is 22.6. The molecule has 1 aromatic rings. The second-order valence-electron chi connectivity index (χ2n) is 7.61. The van der Waals surface area contributed by atoms with Crippen LogP contribution in [0.5, 0.6) is 5.75 Å². The van der Waals surface area contributed by atoms with E-state index in [0.29, 0.717) is 11.5 Å². The highest BCUT2D eigenvalue weighted by molar-refractivity contribution is 6.54. The fourth-order valence-electron chi connectivity index (χ4n) is 2.74. The molecule has 1 aromatic carbocycles. The van der Waals surface area contributed by atoms with Gasteiger partial charge in [0.25, 0.3) is 0 Å². The van der Waals surface area contributed by atoms with Crippen LogP contribution in [0.1, 0.15) is 57.6 Å². The Hall–Kier alpha value is -1.47. The van der Waals surface area contributed by atoms with Crippen LogP contribution in [0.25, 0.3) is 6.08 Å². The lowest BCUT2D eigenvalue weighted by molar-refractivity contribution is -0.0498. The van der Waals surface area contributed by atoms with Gasteiger partial charge in [0.2, 0.25) is 0 Å². The third-order valence-electron chi connectivity index (χ3n) is 5.01. The van der Waals surface area contributed by atoms with Gasteiger partial charge in [0.1, 0.15) is 11.5 Å². The minimum absolute atomic E-state index is 0.0346. The molecule has 25 heavy (non-hydrogen) atoms. The predicted octanol–water partition coefficient (Wildman–Crippen LogP) is 5.11. The Morgan fingerprint density at radius 2 is 1.76 bits per heavy atom. The highest BCUT2D eigenvalue weighted by Crippen LogP contribution is 2.42. The van der Waals surface area contributed by atoms with E-state index in [4.69, 9.17) is 9.31 Å². The third-order valence-corrected chi connectivity index (χ3v) is 5.01. The van der Waals surface area contributed by atoms with E-state index in [-0.39, 0.29) is 5.75 Å². The molecule has 0 aromatic heterocycles. The minimum atomic E-state index is -2.92. The number of benzene rings is 1. The molecule has 0 radical (unpaired) electrons. The average Bonchev–Trinajstić information content (AvgIpc) is 3.26. The van der Waals surface area contributed by atoms with Crippen LogP contribution < -0.4 is 4.74 Å². The number of rotatable bonds is 5. The van der Waals surface area contributed by atoms with Crippen LogP contribution in [0.2, 0.25) is 0 Å². The molecule has 1 heterocycles. The van der Waals surface area contributed by atoms with Gasteiger partial charge in [0.05, 0.1) is 11.2 Å². The van der Waals surface area contributed by atoms with Crippen molar-refractivity contribution in [2.45, 2.75) is 64.3 Å². The largest absolute Gasteiger partial charge is 0.525 e. The smallest absolute Gasteiger partial charge is 0.435 e. The maximum atomic E-state index is 14.6. The van der Waals surface area contributed by atoms with Crippen molar-refractivity contribution in [3.63, 3.8) is 0 Å². The second-order valence-corrected chi connectivity index (χ2v) is 7.61. The monoisotopic (exact) mass is 354 g/mol. The Kier molecular flexibility index (Phi) is 4.66. The van der Waals surface area contributed by atoms with Crippen molar-refractivity contribution in [1.29, 1.82) is 0 Å². The molecule has 1 aliphatic heterocycles. The molecule has 0 amide bonds. The Labute approximate surface area is 146 Å². The van der Waals surface area contributed by atoms with Crippen LogP contribution in [0.15, 0.2) is 23.9 Å². The van der Waals surface area contributed by atoms with Crippen molar-refractivity contribution in [3.8, 4) is 5.75 Å². The predicted molar refractivity (Wildman–Crippen MR) is 90.2 cm³/mol. The molecule has 136 valence electrons. The minimum Gasteiger partial charge on any atom is -0.435 e. The second kappa shape index (κ2) is 6.36. The lowest BCUT2D eigenvalue weighted by Crippen LogP contribution is -2.41. The first kappa shape index (κ1) is 18.3. The van der Waals surface area contributed by atoms with Crippen molar-refractivity contribution in [3.05, 3.63) is 35.1 Å². The molecule has 7 heteroatoms. The van der Waals surface area contributed by atoms with Crippen molar-refractivity contribution in [2.75, 3.05) is 0 Å². The van der Waals surface area contributed by atoms with Gasteiger partial charge in [-0.05, 0) is 75.8 Å². The first-order valence-corrected chi connectivity index (χ1v) is 8.40. The summed E-state index contributed by atoms with van der Waals surface area (Å²) in [5.41, 5.74) is -0.571. The van der Waals surface area contributed by atoms with E-state index in [1.165, 1.54) is 12.1 Å². The number of halogens is 3. The van der Waals surface area contributed by atoms with Gasteiger partial charge in [-0.2, -0.15) is 8.78 Å². The molecule has 2 aliphatic rings. The Morgan fingerprint density at radius 3 is 2.28 bits per heavy atom. The first-order valence-electron chi connectivity index (χ1n) is 8.40. The van der Waals surface area contributed by atoms with Gasteiger partial charge in [0, 0.05) is 0 Å². The zero-order chi connectivity index (χ0) is 18.4. The molecule has 0 atom stereocenters. The molecular weight excluding hydrogens is 332 g/mol. The van der Waals surface area contributed by atoms with Crippen LogP contribution in [-0.4, -0.2) is 24.9 Å². The average molecular weight is 354 g/mol. The molecule has 3 rings (SSSR count). The fourth-order valence-corrected chi connectivity index (χ4v) is 2.74. The number of hydrogen-bond acceptors (Lipinski definition) is 3. The molecule has 2 fully saturated rings. The maximum absolute atomic E-state index is 14.6. The summed E-state index contributed by atoms with van der Waals surface area (Å²) in [4.78, 5) is 0. The first-order chi connectivity index (χ1) is 11.6. The van der Waals surface area contributed by atoms with Crippen molar-refractivity contribution in [2.24, 2.45) is 0 Å². The maximum Gasteiger partial charge on any atom is 0.525 e. The van der Waals surface area contributed by atoms with Gasteiger partial charge in [-0.15, -0.1) is 0 Å². The summed E-state index contributed by atoms with van der Waals surface area (Å²) in [6.45, 7) is 4.43. The van der Waals surface area contributed by atoms with E-state index in [1.807, 2.05) is 27.7 Å². The highest BCUT2D eigenvalue weighted by Gasteiger charge is 2.53. The van der Waals surface area contributed by atoms with E-state index in [0.717, 1.165) is 18.4 Å². The van der Waals surface area contributed by atoms with Crippen LogP contribution in [0.3, 0.4) is 0 Å². The van der Waals surface area contributed by atoms with Crippen LogP contribution in [-0.2, 0) is 9.31 Å². The fraction of sp³-hybridized carbons (Fsp3) is 0.556. The van der Waals surface area contributed by atoms with Crippen molar-refractivity contribution in [1.82, 2.24) is 0 Å². The Morgan fingerprint density at radius 1 is 1.16 bits per heavy atom. The topological polar surface area (TPSA) is 27.7 Å². The van der Waals surface area contributed by atoms with E-state index in [9.17, 15) is 13.2 Å². The van der Waals surface area contributed by atoms with E-state index >= 15 is 0 Å².